The highest BCUT2D eigenvalue weighted by Gasteiger charge is 2.15. The van der Waals surface area contributed by atoms with Crippen molar-refractivity contribution in [2.24, 2.45) is 5.92 Å². The molecule has 1 heteroatoms. The first kappa shape index (κ1) is 14.6. The molecule has 3 unspecified atom stereocenters. The van der Waals surface area contributed by atoms with Gasteiger partial charge in [0.1, 0.15) is 0 Å². The zero-order chi connectivity index (χ0) is 13.8. The molecule has 0 heterocycles. The first-order chi connectivity index (χ1) is 9.10. The zero-order valence-corrected chi connectivity index (χ0v) is 13.0. The summed E-state index contributed by atoms with van der Waals surface area (Å²) in [6.45, 7) is 9.24. The van der Waals surface area contributed by atoms with E-state index in [0.717, 1.165) is 5.92 Å². The predicted octanol–water partition coefficient (Wildman–Crippen LogP) is 4.65. The average molecular weight is 259 g/mol. The second-order valence-corrected chi connectivity index (χ2v) is 6.42. The van der Waals surface area contributed by atoms with Crippen molar-refractivity contribution < 1.29 is 0 Å². The molecular weight excluding hydrogens is 230 g/mol. The second-order valence-electron chi connectivity index (χ2n) is 6.42. The molecule has 2 rings (SSSR count). The number of hydrogen-bond acceptors (Lipinski definition) is 1. The van der Waals surface area contributed by atoms with Crippen molar-refractivity contribution in [3.05, 3.63) is 34.9 Å². The van der Waals surface area contributed by atoms with Crippen LogP contribution in [0.3, 0.4) is 0 Å². The molecule has 1 aliphatic rings. The molecule has 0 amide bonds. The minimum Gasteiger partial charge on any atom is -0.308 e. The fourth-order valence-electron chi connectivity index (χ4n) is 3.22. The second kappa shape index (κ2) is 6.56. The summed E-state index contributed by atoms with van der Waals surface area (Å²) in [6.07, 6.45) is 6.44. The quantitative estimate of drug-likeness (QED) is 0.784. The standard InChI is InChI=1S/C18H29N/c1-5-13(2)11-14(3)19-15(4)17-10-9-16-7-6-8-18(16)12-17/h9-10,12-15,19H,5-8,11H2,1-4H3. The van der Waals surface area contributed by atoms with E-state index < -0.39 is 0 Å². The summed E-state index contributed by atoms with van der Waals surface area (Å²) in [4.78, 5) is 0. The molecule has 0 radical (unpaired) electrons. The van der Waals surface area contributed by atoms with E-state index in [4.69, 9.17) is 0 Å². The molecule has 1 aromatic carbocycles. The van der Waals surface area contributed by atoms with E-state index in [1.54, 1.807) is 11.1 Å². The summed E-state index contributed by atoms with van der Waals surface area (Å²) in [5.41, 5.74) is 4.61. The Bertz CT molecular complexity index is 410. The van der Waals surface area contributed by atoms with Crippen molar-refractivity contribution in [1.29, 1.82) is 0 Å². The van der Waals surface area contributed by atoms with Gasteiger partial charge in [0.15, 0.2) is 0 Å². The lowest BCUT2D eigenvalue weighted by atomic mass is 9.98. The number of benzene rings is 1. The fraction of sp³-hybridized carbons (Fsp3) is 0.667. The minimum atomic E-state index is 0.463. The molecule has 0 bridgehead atoms. The topological polar surface area (TPSA) is 12.0 Å². The highest BCUT2D eigenvalue weighted by Crippen LogP contribution is 2.25. The SMILES string of the molecule is CCC(C)CC(C)NC(C)c1ccc2c(c1)CCC2. The maximum absolute atomic E-state index is 3.75. The molecule has 0 fully saturated rings. The average Bonchev–Trinajstić information content (AvgIpc) is 2.85. The van der Waals surface area contributed by atoms with Gasteiger partial charge in [0.05, 0.1) is 0 Å². The maximum atomic E-state index is 3.75. The Morgan fingerprint density at radius 3 is 2.58 bits per heavy atom. The van der Waals surface area contributed by atoms with Crippen molar-refractivity contribution in [3.63, 3.8) is 0 Å². The van der Waals surface area contributed by atoms with Crippen LogP contribution in [0.2, 0.25) is 0 Å². The lowest BCUT2D eigenvalue weighted by Gasteiger charge is -2.23. The van der Waals surface area contributed by atoms with Crippen molar-refractivity contribution in [1.82, 2.24) is 5.32 Å². The van der Waals surface area contributed by atoms with Gasteiger partial charge < -0.3 is 5.32 Å². The van der Waals surface area contributed by atoms with Gasteiger partial charge in [-0.25, -0.2) is 0 Å². The molecule has 0 spiro atoms. The predicted molar refractivity (Wildman–Crippen MR) is 83.6 cm³/mol. The van der Waals surface area contributed by atoms with Crippen molar-refractivity contribution in [3.8, 4) is 0 Å². The Balaban J connectivity index is 1.94. The number of aryl methyl sites for hydroxylation is 2. The third-order valence-corrected chi connectivity index (χ3v) is 4.61. The van der Waals surface area contributed by atoms with Crippen molar-refractivity contribution in [2.45, 2.75) is 71.9 Å². The summed E-state index contributed by atoms with van der Waals surface area (Å²) in [6, 6.07) is 8.14. The van der Waals surface area contributed by atoms with Crippen LogP contribution in [0, 0.1) is 5.92 Å². The molecular formula is C18H29N. The highest BCUT2D eigenvalue weighted by atomic mass is 14.9. The molecule has 1 nitrogen and oxygen atoms in total. The van der Waals surface area contributed by atoms with Crippen molar-refractivity contribution >= 4 is 0 Å². The van der Waals surface area contributed by atoms with Gasteiger partial charge in [-0.15, -0.1) is 0 Å². The van der Waals surface area contributed by atoms with Crippen LogP contribution < -0.4 is 5.32 Å². The summed E-state index contributed by atoms with van der Waals surface area (Å²) >= 11 is 0. The van der Waals surface area contributed by atoms with Gasteiger partial charge in [0.2, 0.25) is 0 Å². The Morgan fingerprint density at radius 2 is 1.84 bits per heavy atom. The molecule has 0 saturated carbocycles. The van der Waals surface area contributed by atoms with Gasteiger partial charge in [-0.3, -0.25) is 0 Å². The van der Waals surface area contributed by atoms with Gasteiger partial charge in [-0.05, 0) is 62.1 Å². The molecule has 1 N–H and O–H groups in total. The van der Waals surface area contributed by atoms with E-state index in [0.29, 0.717) is 12.1 Å². The van der Waals surface area contributed by atoms with E-state index in [2.05, 4.69) is 51.2 Å². The van der Waals surface area contributed by atoms with Gasteiger partial charge in [-0.1, -0.05) is 38.5 Å². The fourth-order valence-corrected chi connectivity index (χ4v) is 3.22. The molecule has 0 aromatic heterocycles. The lowest BCUT2D eigenvalue weighted by Crippen LogP contribution is -2.30. The molecule has 0 saturated heterocycles. The van der Waals surface area contributed by atoms with Crippen molar-refractivity contribution in [2.75, 3.05) is 0 Å². The van der Waals surface area contributed by atoms with Gasteiger partial charge >= 0.3 is 0 Å². The Hall–Kier alpha value is -0.820. The third-order valence-electron chi connectivity index (χ3n) is 4.61. The van der Waals surface area contributed by atoms with Crippen LogP contribution >= 0.6 is 0 Å². The zero-order valence-electron chi connectivity index (χ0n) is 13.0. The number of rotatable bonds is 6. The van der Waals surface area contributed by atoms with Crippen LogP contribution in [0.1, 0.15) is 69.7 Å². The summed E-state index contributed by atoms with van der Waals surface area (Å²) < 4.78 is 0. The summed E-state index contributed by atoms with van der Waals surface area (Å²) in [5.74, 6) is 0.815. The lowest BCUT2D eigenvalue weighted by molar-refractivity contribution is 0.385. The Labute approximate surface area is 118 Å². The number of fused-ring (bicyclic) bond motifs is 1. The van der Waals surface area contributed by atoms with Crippen LogP contribution in [-0.4, -0.2) is 6.04 Å². The van der Waals surface area contributed by atoms with E-state index >= 15 is 0 Å². The molecule has 0 aliphatic heterocycles. The molecule has 1 aromatic rings. The van der Waals surface area contributed by atoms with E-state index in [1.165, 1.54) is 37.7 Å². The normalized spacial score (nSPS) is 18.9. The van der Waals surface area contributed by atoms with Crippen LogP contribution in [-0.2, 0) is 12.8 Å². The number of hydrogen-bond donors (Lipinski definition) is 1. The molecule has 1 aliphatic carbocycles. The van der Waals surface area contributed by atoms with Crippen LogP contribution in [0.4, 0.5) is 0 Å². The number of nitrogens with one attached hydrogen (secondary N) is 1. The molecule has 19 heavy (non-hydrogen) atoms. The Kier molecular flexibility index (Phi) is 5.04. The minimum absolute atomic E-state index is 0.463. The van der Waals surface area contributed by atoms with E-state index in [1.807, 2.05) is 0 Å². The van der Waals surface area contributed by atoms with Crippen LogP contribution in [0.5, 0.6) is 0 Å². The smallest absolute Gasteiger partial charge is 0.0294 e. The maximum Gasteiger partial charge on any atom is 0.0294 e. The first-order valence-corrected chi connectivity index (χ1v) is 7.98. The summed E-state index contributed by atoms with van der Waals surface area (Å²) in [7, 11) is 0. The first-order valence-electron chi connectivity index (χ1n) is 7.98. The van der Waals surface area contributed by atoms with Gasteiger partial charge in [0.25, 0.3) is 0 Å². The van der Waals surface area contributed by atoms with Crippen LogP contribution in [0.15, 0.2) is 18.2 Å². The third kappa shape index (κ3) is 3.82. The monoisotopic (exact) mass is 259 g/mol. The van der Waals surface area contributed by atoms with E-state index in [9.17, 15) is 0 Å². The van der Waals surface area contributed by atoms with Crippen LogP contribution in [0.25, 0.3) is 0 Å². The molecule has 3 atom stereocenters. The van der Waals surface area contributed by atoms with Gasteiger partial charge in [0, 0.05) is 12.1 Å². The molecule has 106 valence electrons. The largest absolute Gasteiger partial charge is 0.308 e. The highest BCUT2D eigenvalue weighted by molar-refractivity contribution is 5.36. The van der Waals surface area contributed by atoms with Gasteiger partial charge in [-0.2, -0.15) is 0 Å². The van der Waals surface area contributed by atoms with E-state index in [-0.39, 0.29) is 0 Å². The summed E-state index contributed by atoms with van der Waals surface area (Å²) in [5, 5.41) is 3.75. The Morgan fingerprint density at radius 1 is 1.11 bits per heavy atom.